The molecule has 0 aliphatic rings. The Morgan fingerprint density at radius 3 is 2.68 bits per heavy atom. The van der Waals surface area contributed by atoms with Crippen molar-refractivity contribution in [1.82, 2.24) is 15.1 Å². The first-order valence-corrected chi connectivity index (χ1v) is 7.22. The van der Waals surface area contributed by atoms with Crippen LogP contribution in [0.25, 0.3) is 10.9 Å². The molecule has 1 amide bonds. The Morgan fingerprint density at radius 1 is 1.14 bits per heavy atom. The summed E-state index contributed by atoms with van der Waals surface area (Å²) in [7, 11) is 0. The molecule has 2 aromatic carbocycles. The molecule has 5 nitrogen and oxygen atoms in total. The van der Waals surface area contributed by atoms with Gasteiger partial charge >= 0.3 is 0 Å². The highest BCUT2D eigenvalue weighted by molar-refractivity contribution is 5.81. The normalized spacial score (nSPS) is 12.2. The number of nitrogens with zero attached hydrogens (tertiary/aromatic N) is 2. The van der Waals surface area contributed by atoms with Crippen LogP contribution in [0.3, 0.4) is 0 Å². The number of nitrogens with two attached hydrogens (primary N) is 1. The van der Waals surface area contributed by atoms with E-state index >= 15 is 0 Å². The minimum atomic E-state index is -0.209. The summed E-state index contributed by atoms with van der Waals surface area (Å²) in [4.78, 5) is 12.1. The van der Waals surface area contributed by atoms with E-state index in [0.717, 1.165) is 16.5 Å². The van der Waals surface area contributed by atoms with Crippen molar-refractivity contribution >= 4 is 16.8 Å². The predicted octanol–water partition coefficient (Wildman–Crippen LogP) is 1.85. The fourth-order valence-corrected chi connectivity index (χ4v) is 2.39. The second-order valence-electron chi connectivity index (χ2n) is 5.18. The Morgan fingerprint density at radius 2 is 1.86 bits per heavy atom. The number of hydrogen-bond donors (Lipinski definition) is 2. The van der Waals surface area contributed by atoms with Crippen LogP contribution >= 0.6 is 0 Å². The van der Waals surface area contributed by atoms with E-state index in [1.165, 1.54) is 0 Å². The third-order valence-electron chi connectivity index (χ3n) is 3.59. The second-order valence-corrected chi connectivity index (χ2v) is 5.18. The molecule has 112 valence electrons. The Kier molecular flexibility index (Phi) is 4.16. The average Bonchev–Trinajstić information content (AvgIpc) is 2.97. The summed E-state index contributed by atoms with van der Waals surface area (Å²) >= 11 is 0. The number of para-hydroxylation sites is 1. The van der Waals surface area contributed by atoms with Gasteiger partial charge in [0, 0.05) is 18.0 Å². The fourth-order valence-electron chi connectivity index (χ4n) is 2.39. The van der Waals surface area contributed by atoms with Crippen LogP contribution in [-0.4, -0.2) is 22.2 Å². The molecule has 0 aliphatic carbocycles. The second kappa shape index (κ2) is 6.41. The average molecular weight is 294 g/mol. The molecule has 0 aliphatic heterocycles. The highest BCUT2D eigenvalue weighted by Crippen LogP contribution is 2.12. The van der Waals surface area contributed by atoms with E-state index in [9.17, 15) is 4.79 Å². The highest BCUT2D eigenvalue weighted by Gasteiger charge is 2.10. The maximum Gasteiger partial charge on any atom is 0.241 e. The molecule has 1 heterocycles. The minimum Gasteiger partial charge on any atom is -0.353 e. The number of nitrogens with one attached hydrogen (secondary N) is 1. The SMILES string of the molecule is NC(CNC(=O)Cn1ncc2ccccc21)c1ccccc1. The van der Waals surface area contributed by atoms with Crippen molar-refractivity contribution in [1.29, 1.82) is 0 Å². The number of carbonyl (C=O) groups excluding carboxylic acids is 1. The highest BCUT2D eigenvalue weighted by atomic mass is 16.2. The van der Waals surface area contributed by atoms with Crippen LogP contribution < -0.4 is 11.1 Å². The van der Waals surface area contributed by atoms with Crippen LogP contribution in [0.1, 0.15) is 11.6 Å². The van der Waals surface area contributed by atoms with Crippen molar-refractivity contribution in [3.63, 3.8) is 0 Å². The molecule has 3 rings (SSSR count). The predicted molar refractivity (Wildman–Crippen MR) is 86.1 cm³/mol. The largest absolute Gasteiger partial charge is 0.353 e. The third kappa shape index (κ3) is 3.15. The maximum atomic E-state index is 12.1. The van der Waals surface area contributed by atoms with Gasteiger partial charge in [0.25, 0.3) is 0 Å². The lowest BCUT2D eigenvalue weighted by Gasteiger charge is -2.13. The van der Waals surface area contributed by atoms with E-state index in [1.807, 2.05) is 54.6 Å². The number of aromatic nitrogens is 2. The number of hydrogen-bond acceptors (Lipinski definition) is 3. The maximum absolute atomic E-state index is 12.1. The molecule has 0 spiro atoms. The molecule has 1 atom stereocenters. The van der Waals surface area contributed by atoms with E-state index in [1.54, 1.807) is 10.9 Å². The van der Waals surface area contributed by atoms with Crippen molar-refractivity contribution in [2.45, 2.75) is 12.6 Å². The van der Waals surface area contributed by atoms with Crippen LogP contribution in [0, 0.1) is 0 Å². The summed E-state index contributed by atoms with van der Waals surface area (Å²) in [5, 5.41) is 8.13. The lowest BCUT2D eigenvalue weighted by molar-refractivity contribution is -0.121. The lowest BCUT2D eigenvalue weighted by Crippen LogP contribution is -2.34. The molecule has 1 unspecified atom stereocenters. The van der Waals surface area contributed by atoms with Crippen molar-refractivity contribution in [2.75, 3.05) is 6.54 Å². The van der Waals surface area contributed by atoms with Crippen LogP contribution in [0.2, 0.25) is 0 Å². The zero-order chi connectivity index (χ0) is 15.4. The van der Waals surface area contributed by atoms with Crippen molar-refractivity contribution < 1.29 is 4.79 Å². The molecule has 0 fully saturated rings. The Bertz CT molecular complexity index is 766. The van der Waals surface area contributed by atoms with Crippen molar-refractivity contribution in [3.8, 4) is 0 Å². The van der Waals surface area contributed by atoms with Gasteiger partial charge in [-0.15, -0.1) is 0 Å². The summed E-state index contributed by atoms with van der Waals surface area (Å²) in [5.74, 6) is -0.0970. The zero-order valence-electron chi connectivity index (χ0n) is 12.1. The Balaban J connectivity index is 1.59. The number of benzene rings is 2. The molecule has 5 heteroatoms. The quantitative estimate of drug-likeness (QED) is 0.754. The molecule has 3 aromatic rings. The van der Waals surface area contributed by atoms with Gasteiger partial charge in [-0.2, -0.15) is 5.10 Å². The molecule has 1 aromatic heterocycles. The van der Waals surface area contributed by atoms with Gasteiger partial charge < -0.3 is 11.1 Å². The number of fused-ring (bicyclic) bond motifs is 1. The van der Waals surface area contributed by atoms with Gasteiger partial charge in [0.05, 0.1) is 11.7 Å². The van der Waals surface area contributed by atoms with E-state index in [2.05, 4.69) is 10.4 Å². The summed E-state index contributed by atoms with van der Waals surface area (Å²) in [5.41, 5.74) is 8.03. The first-order chi connectivity index (χ1) is 10.7. The number of rotatable bonds is 5. The third-order valence-corrected chi connectivity index (χ3v) is 3.59. The molecule has 3 N–H and O–H groups in total. The molecular formula is C17H18N4O. The molecule has 0 saturated heterocycles. The van der Waals surface area contributed by atoms with Crippen molar-refractivity contribution in [2.24, 2.45) is 5.73 Å². The number of amides is 1. The first-order valence-electron chi connectivity index (χ1n) is 7.22. The summed E-state index contributed by atoms with van der Waals surface area (Å²) in [6.07, 6.45) is 1.76. The Hall–Kier alpha value is -2.66. The van der Waals surface area contributed by atoms with Gasteiger partial charge in [-0.3, -0.25) is 9.48 Å². The van der Waals surface area contributed by atoms with Crippen LogP contribution in [0.4, 0.5) is 0 Å². The van der Waals surface area contributed by atoms with E-state index in [0.29, 0.717) is 6.54 Å². The topological polar surface area (TPSA) is 72.9 Å². The van der Waals surface area contributed by atoms with E-state index < -0.39 is 0 Å². The van der Waals surface area contributed by atoms with Gasteiger partial charge in [-0.05, 0) is 11.6 Å². The molecule has 0 radical (unpaired) electrons. The first kappa shape index (κ1) is 14.3. The summed E-state index contributed by atoms with van der Waals surface area (Å²) in [6.45, 7) is 0.594. The monoisotopic (exact) mass is 294 g/mol. The summed E-state index contributed by atoms with van der Waals surface area (Å²) < 4.78 is 1.69. The smallest absolute Gasteiger partial charge is 0.241 e. The molecule has 0 bridgehead atoms. The Labute approximate surface area is 128 Å². The van der Waals surface area contributed by atoms with Crippen LogP contribution in [0.5, 0.6) is 0 Å². The number of carbonyl (C=O) groups is 1. The minimum absolute atomic E-state index is 0.0970. The van der Waals surface area contributed by atoms with Crippen LogP contribution in [-0.2, 0) is 11.3 Å². The molecule has 0 saturated carbocycles. The zero-order valence-corrected chi connectivity index (χ0v) is 12.1. The van der Waals surface area contributed by atoms with Crippen molar-refractivity contribution in [3.05, 3.63) is 66.4 Å². The van der Waals surface area contributed by atoms with Gasteiger partial charge in [0.15, 0.2) is 0 Å². The molecule has 22 heavy (non-hydrogen) atoms. The van der Waals surface area contributed by atoms with Gasteiger partial charge in [-0.25, -0.2) is 0 Å². The lowest BCUT2D eigenvalue weighted by atomic mass is 10.1. The van der Waals surface area contributed by atoms with Gasteiger partial charge in [0.2, 0.25) is 5.91 Å². The fraction of sp³-hybridized carbons (Fsp3) is 0.176. The standard InChI is InChI=1S/C17H18N4O/c18-15(13-6-2-1-3-7-13)11-19-17(22)12-21-16-9-5-4-8-14(16)10-20-21/h1-10,15H,11-12,18H2,(H,19,22). The van der Waals surface area contributed by atoms with Crippen LogP contribution in [0.15, 0.2) is 60.8 Å². The van der Waals surface area contributed by atoms with E-state index in [4.69, 9.17) is 5.73 Å². The van der Waals surface area contributed by atoms with Gasteiger partial charge in [0.1, 0.15) is 6.54 Å². The van der Waals surface area contributed by atoms with Gasteiger partial charge in [-0.1, -0.05) is 48.5 Å². The van der Waals surface area contributed by atoms with E-state index in [-0.39, 0.29) is 18.5 Å². The summed E-state index contributed by atoms with van der Waals surface area (Å²) in [6, 6.07) is 17.3. The molecular weight excluding hydrogens is 276 g/mol.